The molecule has 0 heterocycles. The predicted molar refractivity (Wildman–Crippen MR) is 102 cm³/mol. The van der Waals surface area contributed by atoms with Crippen molar-refractivity contribution in [3.8, 4) is 6.07 Å². The number of hydrogen-bond donors (Lipinski definition) is 1. The Morgan fingerprint density at radius 2 is 1.33 bits per heavy atom. The minimum Gasteiger partial charge on any atom is -0.334 e. The number of alkyl halides is 6. The molecule has 0 radical (unpaired) electrons. The highest BCUT2D eigenvalue weighted by Crippen LogP contribution is 2.37. The molecular formula is C19H14F6N2OS2. The smallest absolute Gasteiger partial charge is 0.334 e. The lowest BCUT2D eigenvalue weighted by Gasteiger charge is -2.23. The number of carbonyl (C=O) groups excluding carboxylic acids is 1. The topological polar surface area (TPSA) is 52.9 Å². The molecule has 160 valence electrons. The van der Waals surface area contributed by atoms with Crippen LogP contribution in [0.3, 0.4) is 0 Å². The molecule has 1 amide bonds. The third-order valence-corrected chi connectivity index (χ3v) is 5.18. The van der Waals surface area contributed by atoms with E-state index in [0.29, 0.717) is 5.56 Å². The normalized spacial score (nSPS) is 13.9. The van der Waals surface area contributed by atoms with Crippen LogP contribution in [0.25, 0.3) is 0 Å². The molecule has 0 aliphatic rings. The molecule has 2 aromatic rings. The molecule has 0 aliphatic heterocycles. The first kappa shape index (κ1) is 24.0. The molecule has 0 saturated carbocycles. The Morgan fingerprint density at radius 1 is 0.900 bits per heavy atom. The van der Waals surface area contributed by atoms with Crippen LogP contribution < -0.4 is 5.32 Å². The third-order valence-electron chi connectivity index (χ3n) is 3.70. The van der Waals surface area contributed by atoms with Crippen molar-refractivity contribution in [2.24, 2.45) is 0 Å². The lowest BCUT2D eigenvalue weighted by Crippen LogP contribution is -2.46. The molecule has 0 spiro atoms. The number of carbonyl (C=O) groups is 1. The highest BCUT2D eigenvalue weighted by Gasteiger charge is 2.31. The van der Waals surface area contributed by atoms with Gasteiger partial charge in [0, 0.05) is 21.8 Å². The molecule has 0 bridgehead atoms. The van der Waals surface area contributed by atoms with Gasteiger partial charge in [0.25, 0.3) is 5.91 Å². The van der Waals surface area contributed by atoms with Crippen LogP contribution in [0.1, 0.15) is 22.8 Å². The summed E-state index contributed by atoms with van der Waals surface area (Å²) in [4.78, 5) is 12.3. The first-order valence-electron chi connectivity index (χ1n) is 8.23. The van der Waals surface area contributed by atoms with E-state index in [9.17, 15) is 36.4 Å². The van der Waals surface area contributed by atoms with E-state index < -0.39 is 22.5 Å². The van der Waals surface area contributed by atoms with Crippen LogP contribution in [0.15, 0.2) is 58.3 Å². The van der Waals surface area contributed by atoms with Crippen molar-refractivity contribution in [2.75, 3.05) is 0 Å². The second-order valence-electron chi connectivity index (χ2n) is 6.34. The van der Waals surface area contributed by atoms with Gasteiger partial charge < -0.3 is 5.32 Å². The Balaban J connectivity index is 2.06. The number of rotatable bonds is 6. The van der Waals surface area contributed by atoms with Crippen LogP contribution in [-0.4, -0.2) is 22.5 Å². The molecule has 1 unspecified atom stereocenters. The summed E-state index contributed by atoms with van der Waals surface area (Å²) in [5, 5.41) is 12.0. The second-order valence-corrected chi connectivity index (χ2v) is 8.62. The Bertz CT molecular complexity index is 921. The summed E-state index contributed by atoms with van der Waals surface area (Å²) in [6.07, 6.45) is 0.0220. The maximum atomic E-state index is 12.4. The average Bonchev–Trinajstić information content (AvgIpc) is 2.61. The highest BCUT2D eigenvalue weighted by molar-refractivity contribution is 8.00. The van der Waals surface area contributed by atoms with Crippen LogP contribution in [0.5, 0.6) is 0 Å². The number of nitrogens with one attached hydrogen (secondary N) is 1. The zero-order chi connectivity index (χ0) is 22.6. The molecule has 0 aromatic heterocycles. The van der Waals surface area contributed by atoms with E-state index in [-0.39, 0.29) is 45.3 Å². The van der Waals surface area contributed by atoms with Crippen molar-refractivity contribution in [3.63, 3.8) is 0 Å². The van der Waals surface area contributed by atoms with E-state index in [1.807, 2.05) is 6.07 Å². The monoisotopic (exact) mass is 464 g/mol. The zero-order valence-corrected chi connectivity index (χ0v) is 16.9. The number of thioether (sulfide) groups is 2. The summed E-state index contributed by atoms with van der Waals surface area (Å²) in [5.41, 5.74) is -9.64. The third kappa shape index (κ3) is 7.84. The molecule has 11 heteroatoms. The van der Waals surface area contributed by atoms with E-state index in [2.05, 4.69) is 5.32 Å². The lowest BCUT2D eigenvalue weighted by molar-refractivity contribution is -0.0337. The number of hydrogen-bond acceptors (Lipinski definition) is 4. The Hall–Kier alpha value is -2.32. The van der Waals surface area contributed by atoms with E-state index in [1.54, 1.807) is 0 Å². The fourth-order valence-electron chi connectivity index (χ4n) is 2.46. The van der Waals surface area contributed by atoms with Crippen molar-refractivity contribution in [2.45, 2.75) is 39.7 Å². The molecule has 0 fully saturated rings. The predicted octanol–water partition coefficient (Wildman–Crippen LogP) is 6.17. The molecule has 0 aliphatic carbocycles. The van der Waals surface area contributed by atoms with E-state index in [1.165, 1.54) is 43.3 Å². The Labute approximate surface area is 176 Å². The van der Waals surface area contributed by atoms with Gasteiger partial charge in [-0.3, -0.25) is 4.79 Å². The summed E-state index contributed by atoms with van der Waals surface area (Å²) in [5.74, 6) is -0.660. The van der Waals surface area contributed by atoms with Crippen molar-refractivity contribution in [3.05, 3.63) is 59.7 Å². The fourth-order valence-corrected chi connectivity index (χ4v) is 3.54. The maximum absolute atomic E-state index is 12.4. The Morgan fingerprint density at radius 3 is 1.73 bits per heavy atom. The molecule has 2 rings (SSSR count). The van der Waals surface area contributed by atoms with Gasteiger partial charge in [0.05, 0.1) is 6.07 Å². The van der Waals surface area contributed by atoms with Gasteiger partial charge in [-0.2, -0.15) is 31.6 Å². The van der Waals surface area contributed by atoms with Gasteiger partial charge in [-0.25, -0.2) is 0 Å². The molecule has 0 saturated heterocycles. The van der Waals surface area contributed by atoms with Crippen molar-refractivity contribution >= 4 is 29.4 Å². The van der Waals surface area contributed by atoms with Crippen LogP contribution in [-0.2, 0) is 6.42 Å². The zero-order valence-electron chi connectivity index (χ0n) is 15.3. The number of nitriles is 1. The van der Waals surface area contributed by atoms with Crippen molar-refractivity contribution in [1.29, 1.82) is 5.26 Å². The molecule has 1 N–H and O–H groups in total. The van der Waals surface area contributed by atoms with Gasteiger partial charge in [0.15, 0.2) is 0 Å². The van der Waals surface area contributed by atoms with Gasteiger partial charge in [-0.15, -0.1) is 0 Å². The van der Waals surface area contributed by atoms with Gasteiger partial charge in [-0.05, 0) is 72.4 Å². The maximum Gasteiger partial charge on any atom is 0.446 e. The van der Waals surface area contributed by atoms with Gasteiger partial charge in [0.2, 0.25) is 0 Å². The average molecular weight is 464 g/mol. The number of halogens is 6. The molecule has 1 atom stereocenters. The van der Waals surface area contributed by atoms with Crippen molar-refractivity contribution < 1.29 is 31.1 Å². The van der Waals surface area contributed by atoms with Crippen LogP contribution in [0, 0.1) is 11.3 Å². The van der Waals surface area contributed by atoms with Crippen LogP contribution in [0.2, 0.25) is 0 Å². The van der Waals surface area contributed by atoms with Crippen LogP contribution >= 0.6 is 23.5 Å². The molecule has 3 nitrogen and oxygen atoms in total. The first-order chi connectivity index (χ1) is 13.8. The van der Waals surface area contributed by atoms with Crippen molar-refractivity contribution in [1.82, 2.24) is 5.32 Å². The molecule has 2 aromatic carbocycles. The fraction of sp³-hybridized carbons (Fsp3) is 0.263. The number of amides is 1. The van der Waals surface area contributed by atoms with Crippen LogP contribution in [0.4, 0.5) is 26.3 Å². The lowest BCUT2D eigenvalue weighted by atomic mass is 9.94. The SMILES string of the molecule is CC(C#N)(Cc1ccc(SC(F)(F)F)cc1)NC(=O)c1ccc(SC(F)(F)F)cc1. The standard InChI is InChI=1S/C19H14F6N2OS2/c1-17(11-26,10-12-2-6-14(7-3-12)29-18(20,21)22)27-16(28)13-4-8-15(9-5-13)30-19(23,24)25/h2-9H,10H2,1H3,(H,27,28). The minimum absolute atomic E-state index is 0.00855. The van der Waals surface area contributed by atoms with E-state index in [0.717, 1.165) is 12.1 Å². The summed E-state index contributed by atoms with van der Waals surface area (Å²) < 4.78 is 74.3. The van der Waals surface area contributed by atoms with E-state index >= 15 is 0 Å². The number of nitrogens with zero attached hydrogens (tertiary/aromatic N) is 1. The quantitative estimate of drug-likeness (QED) is 0.411. The summed E-state index contributed by atoms with van der Waals surface area (Å²) in [6, 6.07) is 12.1. The summed E-state index contributed by atoms with van der Waals surface area (Å²) in [6.45, 7) is 1.44. The summed E-state index contributed by atoms with van der Waals surface area (Å²) in [7, 11) is 0. The van der Waals surface area contributed by atoms with Gasteiger partial charge in [-0.1, -0.05) is 12.1 Å². The minimum atomic E-state index is -4.45. The molecular weight excluding hydrogens is 450 g/mol. The summed E-state index contributed by atoms with van der Waals surface area (Å²) >= 11 is -0.572. The van der Waals surface area contributed by atoms with Gasteiger partial charge in [0.1, 0.15) is 5.54 Å². The van der Waals surface area contributed by atoms with E-state index in [4.69, 9.17) is 0 Å². The largest absolute Gasteiger partial charge is 0.446 e. The second kappa shape index (κ2) is 9.22. The Kier molecular flexibility index (Phi) is 7.36. The molecule has 30 heavy (non-hydrogen) atoms. The van der Waals surface area contributed by atoms with Gasteiger partial charge >= 0.3 is 11.0 Å². The first-order valence-corrected chi connectivity index (χ1v) is 9.86. The highest BCUT2D eigenvalue weighted by atomic mass is 32.2. The number of benzene rings is 2.